The summed E-state index contributed by atoms with van der Waals surface area (Å²) in [5, 5.41) is 0. The van der Waals surface area contributed by atoms with Crippen LogP contribution >= 0.6 is 11.8 Å². The molecule has 1 atom stereocenters. The van der Waals surface area contributed by atoms with Crippen LogP contribution in [-0.4, -0.2) is 25.3 Å². The van der Waals surface area contributed by atoms with Crippen LogP contribution in [-0.2, 0) is 9.47 Å². The summed E-state index contributed by atoms with van der Waals surface area (Å²) in [7, 11) is 0. The lowest BCUT2D eigenvalue weighted by Crippen LogP contribution is -2.22. The van der Waals surface area contributed by atoms with Crippen molar-refractivity contribution in [1.29, 1.82) is 0 Å². The molecule has 0 aromatic heterocycles. The lowest BCUT2D eigenvalue weighted by Gasteiger charge is -2.21. The van der Waals surface area contributed by atoms with Crippen LogP contribution < -0.4 is 0 Å². The molecule has 1 aliphatic heterocycles. The van der Waals surface area contributed by atoms with Gasteiger partial charge in [0.1, 0.15) is 6.61 Å². The summed E-state index contributed by atoms with van der Waals surface area (Å²) in [5.74, 6) is 19.0. The fourth-order valence-electron chi connectivity index (χ4n) is 2.05. The smallest absolute Gasteiger partial charge is 0.158 e. The lowest BCUT2D eigenvalue weighted by atomic mass is 10.2. The van der Waals surface area contributed by atoms with Gasteiger partial charge in [-0.1, -0.05) is 53.7 Å². The van der Waals surface area contributed by atoms with Crippen molar-refractivity contribution in [3.63, 3.8) is 0 Å². The molecule has 0 aliphatic carbocycles. The predicted molar refractivity (Wildman–Crippen MR) is 99.3 cm³/mol. The van der Waals surface area contributed by atoms with Crippen molar-refractivity contribution in [1.82, 2.24) is 0 Å². The van der Waals surface area contributed by atoms with Crippen LogP contribution in [0.5, 0.6) is 0 Å². The van der Waals surface area contributed by atoms with Crippen molar-refractivity contribution in [2.45, 2.75) is 43.3 Å². The number of rotatable bonds is 4. The molecule has 0 radical (unpaired) electrons. The minimum absolute atomic E-state index is 0.0665. The predicted octanol–water partition coefficient (Wildman–Crippen LogP) is 4.11. The van der Waals surface area contributed by atoms with Crippen LogP contribution in [0.15, 0.2) is 35.2 Å². The van der Waals surface area contributed by atoms with Crippen LogP contribution in [0.3, 0.4) is 0 Å². The molecular weight excluding hydrogens is 316 g/mol. The number of thioether (sulfide) groups is 1. The highest BCUT2D eigenvalue weighted by Gasteiger charge is 2.12. The zero-order valence-corrected chi connectivity index (χ0v) is 14.7. The van der Waals surface area contributed by atoms with Crippen molar-refractivity contribution in [2.24, 2.45) is 0 Å². The van der Waals surface area contributed by atoms with Gasteiger partial charge in [0.25, 0.3) is 0 Å². The molecule has 2 nitrogen and oxygen atoms in total. The molecule has 124 valence electrons. The molecule has 1 aromatic rings. The summed E-state index contributed by atoms with van der Waals surface area (Å²) in [5.41, 5.74) is 0. The minimum atomic E-state index is -0.0665. The monoisotopic (exact) mass is 338 g/mol. The highest BCUT2D eigenvalue weighted by Crippen LogP contribution is 2.15. The van der Waals surface area contributed by atoms with Gasteiger partial charge in [0.05, 0.1) is 18.6 Å². The molecule has 0 N–H and O–H groups in total. The molecule has 3 heteroatoms. The van der Waals surface area contributed by atoms with E-state index in [1.807, 2.05) is 18.2 Å². The van der Waals surface area contributed by atoms with Gasteiger partial charge < -0.3 is 9.47 Å². The first-order valence-electron chi connectivity index (χ1n) is 8.23. The Morgan fingerprint density at radius 3 is 2.46 bits per heavy atom. The molecule has 1 heterocycles. The van der Waals surface area contributed by atoms with E-state index in [1.165, 1.54) is 11.3 Å². The third-order valence-corrected chi connectivity index (χ3v) is 4.16. The number of ether oxygens (including phenoxy) is 2. The Morgan fingerprint density at radius 1 is 0.958 bits per heavy atom. The van der Waals surface area contributed by atoms with E-state index in [2.05, 4.69) is 47.7 Å². The Bertz CT molecular complexity index is 644. The second-order valence-corrected chi connectivity index (χ2v) is 6.17. The molecule has 0 spiro atoms. The average Bonchev–Trinajstić information content (AvgIpc) is 2.64. The number of benzene rings is 1. The molecule has 24 heavy (non-hydrogen) atoms. The fourth-order valence-corrected chi connectivity index (χ4v) is 2.74. The molecule has 0 bridgehead atoms. The molecule has 1 saturated heterocycles. The normalized spacial score (nSPS) is 15.9. The maximum Gasteiger partial charge on any atom is 0.158 e. The number of hydrogen-bond acceptors (Lipinski definition) is 3. The molecule has 1 fully saturated rings. The second-order valence-electron chi connectivity index (χ2n) is 5.12. The molecule has 0 saturated carbocycles. The van der Waals surface area contributed by atoms with E-state index >= 15 is 0 Å². The van der Waals surface area contributed by atoms with Crippen LogP contribution in [0, 0.1) is 35.5 Å². The molecule has 1 aliphatic rings. The molecular formula is C21H22O2S. The second kappa shape index (κ2) is 12.6. The Balaban J connectivity index is 1.50. The van der Waals surface area contributed by atoms with E-state index in [-0.39, 0.29) is 6.29 Å². The van der Waals surface area contributed by atoms with Crippen molar-refractivity contribution >= 4 is 11.8 Å². The van der Waals surface area contributed by atoms with E-state index in [0.29, 0.717) is 19.4 Å². The maximum absolute atomic E-state index is 5.52. The third-order valence-electron chi connectivity index (χ3n) is 3.26. The highest BCUT2D eigenvalue weighted by molar-refractivity contribution is 7.99. The topological polar surface area (TPSA) is 18.5 Å². The summed E-state index contributed by atoms with van der Waals surface area (Å²) in [6.45, 7) is 1.22. The zero-order chi connectivity index (χ0) is 16.7. The zero-order valence-electron chi connectivity index (χ0n) is 13.8. The molecule has 0 amide bonds. The average molecular weight is 338 g/mol. The largest absolute Gasteiger partial charge is 0.353 e. The van der Waals surface area contributed by atoms with E-state index in [0.717, 1.165) is 25.2 Å². The van der Waals surface area contributed by atoms with Gasteiger partial charge in [0, 0.05) is 11.5 Å². The highest BCUT2D eigenvalue weighted by atomic mass is 32.2. The molecule has 2 rings (SSSR count). The van der Waals surface area contributed by atoms with Gasteiger partial charge in [-0.2, -0.15) is 0 Å². The van der Waals surface area contributed by atoms with Crippen molar-refractivity contribution in [3.8, 4) is 35.5 Å². The van der Waals surface area contributed by atoms with Gasteiger partial charge in [0.15, 0.2) is 6.29 Å². The summed E-state index contributed by atoms with van der Waals surface area (Å²) in [6, 6.07) is 10.3. The van der Waals surface area contributed by atoms with Gasteiger partial charge in [0.2, 0.25) is 0 Å². The van der Waals surface area contributed by atoms with Gasteiger partial charge in [-0.05, 0) is 31.4 Å². The lowest BCUT2D eigenvalue weighted by molar-refractivity contribution is -0.154. The van der Waals surface area contributed by atoms with Crippen LogP contribution in [0.4, 0.5) is 0 Å². The molecule has 1 aromatic carbocycles. The first-order chi connectivity index (χ1) is 11.9. The Kier molecular flexibility index (Phi) is 9.70. The quantitative estimate of drug-likeness (QED) is 0.608. The fraction of sp³-hybridized carbons (Fsp3) is 0.429. The Hall–Kier alpha value is -1.83. The van der Waals surface area contributed by atoms with Crippen molar-refractivity contribution in [2.75, 3.05) is 19.0 Å². The Morgan fingerprint density at radius 2 is 1.71 bits per heavy atom. The van der Waals surface area contributed by atoms with Crippen LogP contribution in [0.25, 0.3) is 0 Å². The van der Waals surface area contributed by atoms with Gasteiger partial charge in [-0.3, -0.25) is 0 Å². The van der Waals surface area contributed by atoms with E-state index in [4.69, 9.17) is 9.47 Å². The minimum Gasteiger partial charge on any atom is -0.353 e. The summed E-state index contributed by atoms with van der Waals surface area (Å²) in [4.78, 5) is 1.24. The molecule has 1 unspecified atom stereocenters. The van der Waals surface area contributed by atoms with Gasteiger partial charge in [-0.15, -0.1) is 11.8 Å². The first-order valence-corrected chi connectivity index (χ1v) is 9.22. The van der Waals surface area contributed by atoms with Crippen molar-refractivity contribution in [3.05, 3.63) is 30.3 Å². The van der Waals surface area contributed by atoms with Crippen molar-refractivity contribution < 1.29 is 9.47 Å². The third kappa shape index (κ3) is 8.71. The van der Waals surface area contributed by atoms with Crippen LogP contribution in [0.2, 0.25) is 0 Å². The van der Waals surface area contributed by atoms with Crippen LogP contribution in [0.1, 0.15) is 32.1 Å². The maximum atomic E-state index is 5.52. The first kappa shape index (κ1) is 18.5. The number of hydrogen-bond donors (Lipinski definition) is 0. The van der Waals surface area contributed by atoms with E-state index in [9.17, 15) is 0 Å². The van der Waals surface area contributed by atoms with Gasteiger partial charge in [-0.25, -0.2) is 0 Å². The standard InChI is InChI=1S/C21H22O2S/c1(3-5-11-17-22-21-16-10-12-18-23-21)2-4-6-13-19-24-20-14-8-7-9-15-20/h7-9,14-15,21H,3-4,10,12,16-19H2. The summed E-state index contributed by atoms with van der Waals surface area (Å²) < 4.78 is 11.0. The summed E-state index contributed by atoms with van der Waals surface area (Å²) in [6.07, 6.45) is 4.38. The summed E-state index contributed by atoms with van der Waals surface area (Å²) >= 11 is 1.74. The van der Waals surface area contributed by atoms with Gasteiger partial charge >= 0.3 is 0 Å². The SMILES string of the molecule is C(#CCC#CCSc1ccccc1)CC#CCOC1CCCCO1. The van der Waals surface area contributed by atoms with E-state index in [1.54, 1.807) is 11.8 Å². The van der Waals surface area contributed by atoms with E-state index < -0.39 is 0 Å². The Labute approximate surface area is 149 Å².